The van der Waals surface area contributed by atoms with E-state index in [1.165, 1.54) is 6.08 Å². The number of nitriles is 1. The minimum absolute atomic E-state index is 0.764. The lowest BCUT2D eigenvalue weighted by Gasteiger charge is -2.10. The van der Waals surface area contributed by atoms with E-state index in [9.17, 15) is 0 Å². The number of nitrogens with zero attached hydrogens (tertiary/aromatic N) is 1. The maximum Gasteiger partial charge on any atom is 0.0912 e. The largest absolute Gasteiger partial charge is 0.193 e. The topological polar surface area (TPSA) is 23.8 Å². The maximum absolute atomic E-state index is 8.76. The van der Waals surface area contributed by atoms with Gasteiger partial charge in [-0.15, -0.1) is 0 Å². The molecule has 3 aromatic carbocycles. The zero-order valence-corrected chi connectivity index (χ0v) is 10.9. The van der Waals surface area contributed by atoms with Crippen molar-refractivity contribution in [2.45, 2.75) is 0 Å². The van der Waals surface area contributed by atoms with Crippen LogP contribution in [0.25, 0.3) is 27.6 Å². The van der Waals surface area contributed by atoms with Gasteiger partial charge in [0.2, 0.25) is 0 Å². The van der Waals surface area contributed by atoms with Crippen LogP contribution in [0.5, 0.6) is 0 Å². The zero-order chi connectivity index (χ0) is 13.2. The molecule has 19 heavy (non-hydrogen) atoms. The molecule has 0 radical (unpaired) electrons. The monoisotopic (exact) mass is 263 g/mol. The molecule has 3 aromatic rings. The van der Waals surface area contributed by atoms with Crippen molar-refractivity contribution >= 4 is 39.2 Å². The molecule has 0 spiro atoms. The van der Waals surface area contributed by atoms with Crippen LogP contribution >= 0.6 is 11.6 Å². The second-order valence-corrected chi connectivity index (χ2v) is 4.66. The molecule has 0 heterocycles. The van der Waals surface area contributed by atoms with Crippen LogP contribution in [0.4, 0.5) is 0 Å². The highest BCUT2D eigenvalue weighted by Crippen LogP contribution is 2.36. The molecule has 0 aliphatic carbocycles. The smallest absolute Gasteiger partial charge is 0.0912 e. The first-order chi connectivity index (χ1) is 9.33. The highest BCUT2D eigenvalue weighted by Gasteiger charge is 2.09. The van der Waals surface area contributed by atoms with Crippen LogP contribution < -0.4 is 0 Å². The van der Waals surface area contributed by atoms with Crippen LogP contribution in [0.3, 0.4) is 0 Å². The molecule has 0 atom stereocenters. The summed E-state index contributed by atoms with van der Waals surface area (Å²) < 4.78 is 0. The minimum atomic E-state index is 0.764. The Morgan fingerprint density at radius 3 is 1.79 bits per heavy atom. The van der Waals surface area contributed by atoms with E-state index >= 15 is 0 Å². The van der Waals surface area contributed by atoms with Crippen molar-refractivity contribution < 1.29 is 0 Å². The molecule has 0 aliphatic rings. The summed E-state index contributed by atoms with van der Waals surface area (Å²) in [7, 11) is 0. The highest BCUT2D eigenvalue weighted by atomic mass is 35.5. The van der Waals surface area contributed by atoms with Crippen molar-refractivity contribution in [2.75, 3.05) is 0 Å². The van der Waals surface area contributed by atoms with Gasteiger partial charge in [-0.1, -0.05) is 60.1 Å². The van der Waals surface area contributed by atoms with E-state index in [0.717, 1.165) is 32.1 Å². The third-order valence-corrected chi connectivity index (χ3v) is 3.64. The van der Waals surface area contributed by atoms with Crippen LogP contribution in [-0.4, -0.2) is 0 Å². The lowest BCUT2D eigenvalue weighted by atomic mass is 9.96. The normalized spacial score (nSPS) is 11.2. The Morgan fingerprint density at radius 1 is 0.842 bits per heavy atom. The van der Waals surface area contributed by atoms with Gasteiger partial charge in [-0.3, -0.25) is 0 Å². The van der Waals surface area contributed by atoms with Gasteiger partial charge >= 0.3 is 0 Å². The molecule has 0 unspecified atom stereocenters. The molecular formula is C17H10ClN. The van der Waals surface area contributed by atoms with Crippen LogP contribution in [0.15, 0.2) is 54.6 Å². The van der Waals surface area contributed by atoms with E-state index in [2.05, 4.69) is 0 Å². The predicted molar refractivity (Wildman–Crippen MR) is 81.1 cm³/mol. The van der Waals surface area contributed by atoms with Gasteiger partial charge in [0.15, 0.2) is 0 Å². The summed E-state index contributed by atoms with van der Waals surface area (Å²) in [6, 6.07) is 18.0. The van der Waals surface area contributed by atoms with E-state index in [1.807, 2.05) is 60.7 Å². The summed E-state index contributed by atoms with van der Waals surface area (Å²) in [5, 5.41) is 13.7. The van der Waals surface area contributed by atoms with Gasteiger partial charge in [-0.05, 0) is 22.4 Å². The van der Waals surface area contributed by atoms with E-state index in [0.29, 0.717) is 0 Å². The molecule has 0 aliphatic heterocycles. The fourth-order valence-corrected chi connectivity index (χ4v) is 2.74. The summed E-state index contributed by atoms with van der Waals surface area (Å²) in [6.45, 7) is 0. The van der Waals surface area contributed by atoms with Gasteiger partial charge in [-0.25, -0.2) is 0 Å². The Morgan fingerprint density at radius 2 is 1.32 bits per heavy atom. The molecule has 0 bridgehead atoms. The molecule has 0 fully saturated rings. The van der Waals surface area contributed by atoms with E-state index in [4.69, 9.17) is 16.9 Å². The predicted octanol–water partition coefficient (Wildman–Crippen LogP) is 5.18. The fraction of sp³-hybridized carbons (Fsp3) is 0. The SMILES string of the molecule is N#CC=Cc1c2ccccc2c(Cl)c2ccccc12. The summed E-state index contributed by atoms with van der Waals surface area (Å²) >= 11 is 6.49. The fourth-order valence-electron chi connectivity index (χ4n) is 2.41. The number of rotatable bonds is 1. The molecule has 0 amide bonds. The minimum Gasteiger partial charge on any atom is -0.193 e. The number of fused-ring (bicyclic) bond motifs is 2. The van der Waals surface area contributed by atoms with Crippen molar-refractivity contribution in [1.29, 1.82) is 5.26 Å². The molecule has 0 N–H and O–H groups in total. The van der Waals surface area contributed by atoms with Gasteiger partial charge in [0.25, 0.3) is 0 Å². The zero-order valence-electron chi connectivity index (χ0n) is 10.1. The van der Waals surface area contributed by atoms with Crippen molar-refractivity contribution in [2.24, 2.45) is 0 Å². The second kappa shape index (κ2) is 4.76. The Balaban J connectivity index is 2.57. The first kappa shape index (κ1) is 11.8. The molecule has 90 valence electrons. The van der Waals surface area contributed by atoms with E-state index in [-0.39, 0.29) is 0 Å². The second-order valence-electron chi connectivity index (χ2n) is 4.28. The van der Waals surface area contributed by atoms with Crippen LogP contribution in [0, 0.1) is 11.3 Å². The van der Waals surface area contributed by atoms with Crippen molar-refractivity contribution in [3.05, 3.63) is 65.2 Å². The molecule has 2 heteroatoms. The van der Waals surface area contributed by atoms with Gasteiger partial charge in [0.1, 0.15) is 0 Å². The van der Waals surface area contributed by atoms with Crippen LogP contribution in [-0.2, 0) is 0 Å². The van der Waals surface area contributed by atoms with Crippen LogP contribution in [0.1, 0.15) is 5.56 Å². The van der Waals surface area contributed by atoms with Crippen molar-refractivity contribution in [3.63, 3.8) is 0 Å². The lowest BCUT2D eigenvalue weighted by molar-refractivity contribution is 1.54. The van der Waals surface area contributed by atoms with Gasteiger partial charge in [0.05, 0.1) is 11.1 Å². The number of benzene rings is 3. The third-order valence-electron chi connectivity index (χ3n) is 3.23. The van der Waals surface area contributed by atoms with Gasteiger partial charge in [-0.2, -0.15) is 5.26 Å². The van der Waals surface area contributed by atoms with Crippen molar-refractivity contribution in [3.8, 4) is 6.07 Å². The molecule has 0 saturated carbocycles. The first-order valence-corrected chi connectivity index (χ1v) is 6.36. The summed E-state index contributed by atoms with van der Waals surface area (Å²) in [5.41, 5.74) is 1.04. The van der Waals surface area contributed by atoms with Gasteiger partial charge < -0.3 is 0 Å². The Hall–Kier alpha value is -2.30. The Kier molecular flexibility index (Phi) is 2.95. The summed E-state index contributed by atoms with van der Waals surface area (Å²) in [4.78, 5) is 0. The number of halogens is 1. The van der Waals surface area contributed by atoms with E-state index in [1.54, 1.807) is 0 Å². The number of hydrogen-bond donors (Lipinski definition) is 0. The summed E-state index contributed by atoms with van der Waals surface area (Å²) in [6.07, 6.45) is 3.35. The van der Waals surface area contributed by atoms with E-state index < -0.39 is 0 Å². The molecule has 0 aromatic heterocycles. The van der Waals surface area contributed by atoms with Gasteiger partial charge in [0, 0.05) is 16.8 Å². The average Bonchev–Trinajstić information content (AvgIpc) is 2.47. The quantitative estimate of drug-likeness (QED) is 0.438. The molecule has 0 saturated heterocycles. The standard InChI is InChI=1S/C17H10ClN/c18-17-15-8-3-1-6-13(15)12(10-5-11-19)14-7-2-4-9-16(14)17/h1-10H. The molecular weight excluding hydrogens is 254 g/mol. The number of allylic oxidation sites excluding steroid dienone is 1. The number of hydrogen-bond acceptors (Lipinski definition) is 1. The lowest BCUT2D eigenvalue weighted by Crippen LogP contribution is -1.85. The Bertz CT molecular complexity index is 784. The molecule has 3 rings (SSSR count). The third kappa shape index (κ3) is 1.87. The van der Waals surface area contributed by atoms with Crippen LogP contribution in [0.2, 0.25) is 5.02 Å². The highest BCUT2D eigenvalue weighted by molar-refractivity contribution is 6.41. The first-order valence-electron chi connectivity index (χ1n) is 5.98. The maximum atomic E-state index is 8.76. The van der Waals surface area contributed by atoms with Crippen molar-refractivity contribution in [1.82, 2.24) is 0 Å². The molecule has 1 nitrogen and oxygen atoms in total. The average molecular weight is 264 g/mol. The summed E-state index contributed by atoms with van der Waals surface area (Å²) in [5.74, 6) is 0. The Labute approximate surface area is 116 Å².